The predicted octanol–water partition coefficient (Wildman–Crippen LogP) is 3.88. The zero-order valence-electron chi connectivity index (χ0n) is 15.2. The molecule has 0 aliphatic heterocycles. The SMILES string of the molecule is O=C(O)CC(=O)O.[KH].[Li][CH2]C(CCCCCCCC)C(C)(C)C. The Kier molecular flexibility index (Phi) is 22.6. The third-order valence-electron chi connectivity index (χ3n) is 3.93. The van der Waals surface area contributed by atoms with Crippen LogP contribution in [0.2, 0.25) is 5.09 Å². The second-order valence-corrected chi connectivity index (χ2v) is 6.99. The summed E-state index contributed by atoms with van der Waals surface area (Å²) in [5.41, 5.74) is 0.512. The number of hydrogen-bond donors (Lipinski definition) is 2. The van der Waals surface area contributed by atoms with Crippen molar-refractivity contribution in [2.24, 2.45) is 11.3 Å². The van der Waals surface area contributed by atoms with Gasteiger partial charge in [-0.3, -0.25) is 9.59 Å². The Morgan fingerprint density at radius 1 is 0.957 bits per heavy atom. The molecule has 0 aliphatic carbocycles. The van der Waals surface area contributed by atoms with Crippen molar-refractivity contribution >= 4 is 81.0 Å². The molecule has 23 heavy (non-hydrogen) atoms. The zero-order chi connectivity index (χ0) is 17.6. The zero-order valence-corrected chi connectivity index (χ0v) is 15.2. The fourth-order valence-electron chi connectivity index (χ4n) is 2.55. The van der Waals surface area contributed by atoms with Crippen molar-refractivity contribution in [3.05, 3.63) is 0 Å². The van der Waals surface area contributed by atoms with Gasteiger partial charge in [0.15, 0.2) is 0 Å². The van der Waals surface area contributed by atoms with Gasteiger partial charge < -0.3 is 10.2 Å². The van der Waals surface area contributed by atoms with Crippen molar-refractivity contribution < 1.29 is 19.8 Å². The summed E-state index contributed by atoms with van der Waals surface area (Å²) in [6.45, 7) is 9.45. The molecular weight excluding hydrogens is 314 g/mol. The van der Waals surface area contributed by atoms with Gasteiger partial charge in [0.1, 0.15) is 6.42 Å². The van der Waals surface area contributed by atoms with Crippen molar-refractivity contribution in [3.63, 3.8) is 0 Å². The van der Waals surface area contributed by atoms with Gasteiger partial charge >= 0.3 is 170 Å². The first kappa shape index (κ1) is 29.0. The van der Waals surface area contributed by atoms with E-state index < -0.39 is 18.4 Å². The van der Waals surface area contributed by atoms with Gasteiger partial charge in [-0.2, -0.15) is 0 Å². The van der Waals surface area contributed by atoms with E-state index in [0.29, 0.717) is 5.41 Å². The molecule has 0 spiro atoms. The molecule has 0 aromatic heterocycles. The van der Waals surface area contributed by atoms with Crippen molar-refractivity contribution in [1.82, 2.24) is 0 Å². The second kappa shape index (κ2) is 18.0. The van der Waals surface area contributed by atoms with Crippen molar-refractivity contribution in [2.45, 2.75) is 84.2 Å². The van der Waals surface area contributed by atoms with E-state index in [1.165, 1.54) is 50.0 Å². The normalized spacial score (nSPS) is 11.7. The van der Waals surface area contributed by atoms with E-state index in [-0.39, 0.29) is 51.4 Å². The molecule has 0 bridgehead atoms. The minimum absolute atomic E-state index is 0. The average molecular weight is 348 g/mol. The van der Waals surface area contributed by atoms with Gasteiger partial charge in [0, 0.05) is 0 Å². The Hall–Kier alpha value is 1.17. The van der Waals surface area contributed by atoms with Crippen molar-refractivity contribution in [2.75, 3.05) is 0 Å². The molecular formula is C17H34KLiO4. The summed E-state index contributed by atoms with van der Waals surface area (Å²) in [5.74, 6) is -1.70. The molecule has 0 heterocycles. The quantitative estimate of drug-likeness (QED) is 0.357. The van der Waals surface area contributed by atoms with Crippen LogP contribution in [0.25, 0.3) is 0 Å². The number of carboxylic acid groups (broad SMARTS) is 2. The van der Waals surface area contributed by atoms with Crippen LogP contribution in [0.4, 0.5) is 0 Å². The van der Waals surface area contributed by atoms with Crippen LogP contribution in [0.5, 0.6) is 0 Å². The molecule has 0 aromatic carbocycles. The van der Waals surface area contributed by atoms with E-state index in [9.17, 15) is 9.59 Å². The van der Waals surface area contributed by atoms with E-state index in [1.54, 1.807) is 0 Å². The Morgan fingerprint density at radius 3 is 1.70 bits per heavy atom. The summed E-state index contributed by atoms with van der Waals surface area (Å²) in [6.07, 6.45) is 9.21. The van der Waals surface area contributed by atoms with Gasteiger partial charge in [-0.15, -0.1) is 0 Å². The fraction of sp³-hybridized carbons (Fsp3) is 0.882. The summed E-state index contributed by atoms with van der Waals surface area (Å²) < 4.78 is 0. The summed E-state index contributed by atoms with van der Waals surface area (Å²) in [6, 6.07) is 0. The number of carbonyl (C=O) groups is 2. The molecule has 1 atom stereocenters. The Morgan fingerprint density at radius 2 is 1.39 bits per heavy atom. The molecule has 6 heteroatoms. The second-order valence-electron chi connectivity index (χ2n) is 6.99. The minimum atomic E-state index is -1.31. The first-order valence-corrected chi connectivity index (χ1v) is 8.58. The van der Waals surface area contributed by atoms with E-state index >= 15 is 0 Å². The van der Waals surface area contributed by atoms with Gasteiger partial charge in [0.05, 0.1) is 0 Å². The molecule has 1 unspecified atom stereocenters. The molecule has 2 N–H and O–H groups in total. The van der Waals surface area contributed by atoms with Crippen LogP contribution in [0.1, 0.15) is 79.1 Å². The average Bonchev–Trinajstić information content (AvgIpc) is 2.35. The molecule has 0 aliphatic rings. The van der Waals surface area contributed by atoms with Crippen molar-refractivity contribution in [1.29, 1.82) is 0 Å². The fourth-order valence-corrected chi connectivity index (χ4v) is 2.55. The molecule has 0 aromatic rings. The summed E-state index contributed by atoms with van der Waals surface area (Å²) >= 11 is 2.34. The predicted molar refractivity (Wildman–Crippen MR) is 98.5 cm³/mol. The Bertz CT molecular complexity index is 291. The standard InChI is InChI=1S/C14H29.C3H4O4.K.Li.H/c1-6-7-8-9-10-11-12-13(2)14(3,4)5;4-2(5)1-3(6)7;;;/h13H,2,6-12H2,1,3-5H3;1H2,(H,4,5)(H,6,7);;;. The van der Waals surface area contributed by atoms with Gasteiger partial charge in [0.2, 0.25) is 0 Å². The number of hydrogen-bond acceptors (Lipinski definition) is 2. The van der Waals surface area contributed by atoms with Gasteiger partial charge in [-0.05, 0) is 0 Å². The van der Waals surface area contributed by atoms with Crippen LogP contribution in [0.15, 0.2) is 0 Å². The topological polar surface area (TPSA) is 74.6 Å². The molecule has 0 fully saturated rings. The third kappa shape index (κ3) is 23.2. The first-order valence-electron chi connectivity index (χ1n) is 8.58. The van der Waals surface area contributed by atoms with Crippen LogP contribution in [0.3, 0.4) is 0 Å². The van der Waals surface area contributed by atoms with Gasteiger partial charge in [0.25, 0.3) is 0 Å². The third-order valence-corrected chi connectivity index (χ3v) is 3.93. The molecule has 0 saturated carbocycles. The number of rotatable bonds is 10. The maximum absolute atomic E-state index is 9.43. The molecule has 0 saturated heterocycles. The summed E-state index contributed by atoms with van der Waals surface area (Å²) in [4.78, 5) is 18.9. The Labute approximate surface area is 194 Å². The summed E-state index contributed by atoms with van der Waals surface area (Å²) in [7, 11) is 0. The van der Waals surface area contributed by atoms with Crippen LogP contribution >= 0.6 is 0 Å². The van der Waals surface area contributed by atoms with Crippen LogP contribution < -0.4 is 0 Å². The van der Waals surface area contributed by atoms with E-state index in [1.807, 2.05) is 0 Å². The molecule has 0 amide bonds. The first-order chi connectivity index (χ1) is 10.1. The van der Waals surface area contributed by atoms with E-state index in [2.05, 4.69) is 45.4 Å². The summed E-state index contributed by atoms with van der Waals surface area (Å²) in [5, 5.41) is 16.8. The van der Waals surface area contributed by atoms with Crippen LogP contribution in [-0.4, -0.2) is 91.3 Å². The molecule has 128 valence electrons. The number of unbranched alkanes of at least 4 members (excludes halogenated alkanes) is 5. The number of aliphatic carboxylic acids is 2. The molecule has 0 radical (unpaired) electrons. The Balaban J connectivity index is -0.000000425. The van der Waals surface area contributed by atoms with E-state index in [4.69, 9.17) is 10.2 Å². The van der Waals surface area contributed by atoms with Crippen LogP contribution in [0, 0.1) is 11.3 Å². The van der Waals surface area contributed by atoms with Gasteiger partial charge in [-0.25, -0.2) is 0 Å². The van der Waals surface area contributed by atoms with Crippen molar-refractivity contribution in [3.8, 4) is 0 Å². The number of carboxylic acids is 2. The monoisotopic (exact) mass is 348 g/mol. The molecule has 4 nitrogen and oxygen atoms in total. The maximum atomic E-state index is 9.43. The van der Waals surface area contributed by atoms with Crippen LogP contribution in [-0.2, 0) is 9.59 Å². The van der Waals surface area contributed by atoms with Gasteiger partial charge in [-0.1, -0.05) is 0 Å². The van der Waals surface area contributed by atoms with E-state index in [0.717, 1.165) is 5.92 Å². The molecule has 0 rings (SSSR count).